The number of likely N-dealkylation sites (tertiary alicyclic amines) is 1. The third-order valence-corrected chi connectivity index (χ3v) is 2.92. The van der Waals surface area contributed by atoms with Crippen LogP contribution in [0.5, 0.6) is 0 Å². The van der Waals surface area contributed by atoms with Crippen molar-refractivity contribution in [1.29, 1.82) is 0 Å². The van der Waals surface area contributed by atoms with Crippen LogP contribution in [-0.4, -0.2) is 29.9 Å². The summed E-state index contributed by atoms with van der Waals surface area (Å²) < 4.78 is 12.7. The van der Waals surface area contributed by atoms with Crippen molar-refractivity contribution in [2.45, 2.75) is 18.9 Å². The molecule has 86 valence electrons. The van der Waals surface area contributed by atoms with Crippen molar-refractivity contribution in [2.24, 2.45) is 5.73 Å². The smallest absolute Gasteiger partial charge is 0.239 e. The van der Waals surface area contributed by atoms with Gasteiger partial charge in [-0.1, -0.05) is 12.1 Å². The average molecular weight is 222 g/mol. The lowest BCUT2D eigenvalue weighted by molar-refractivity contribution is -0.128. The molecule has 0 saturated carbocycles. The standard InChI is InChI=1S/C12H15FN2O/c13-10-3-1-9(2-4-10)5-7-15-8-6-11(14)12(15)16/h1-4,11H,5-8,14H2. The zero-order valence-electron chi connectivity index (χ0n) is 9.03. The van der Waals surface area contributed by atoms with Gasteiger partial charge in [0.1, 0.15) is 5.82 Å². The molecule has 0 aromatic heterocycles. The number of halogens is 1. The average Bonchev–Trinajstić information content (AvgIpc) is 2.60. The molecular formula is C12H15FN2O. The van der Waals surface area contributed by atoms with Crippen molar-refractivity contribution < 1.29 is 9.18 Å². The molecule has 0 bridgehead atoms. The molecule has 1 aromatic rings. The van der Waals surface area contributed by atoms with E-state index in [0.717, 1.165) is 24.9 Å². The third kappa shape index (κ3) is 2.39. The molecule has 0 radical (unpaired) electrons. The molecule has 3 nitrogen and oxygen atoms in total. The molecular weight excluding hydrogens is 207 g/mol. The lowest BCUT2D eigenvalue weighted by atomic mass is 10.1. The highest BCUT2D eigenvalue weighted by molar-refractivity contribution is 5.83. The zero-order chi connectivity index (χ0) is 11.5. The summed E-state index contributed by atoms with van der Waals surface area (Å²) in [4.78, 5) is 13.3. The Morgan fingerprint density at radius 1 is 1.38 bits per heavy atom. The van der Waals surface area contributed by atoms with Gasteiger partial charge in [-0.2, -0.15) is 0 Å². The molecule has 1 fully saturated rings. The molecule has 1 atom stereocenters. The van der Waals surface area contributed by atoms with Gasteiger partial charge in [0.25, 0.3) is 0 Å². The first-order chi connectivity index (χ1) is 7.66. The summed E-state index contributed by atoms with van der Waals surface area (Å²) in [6, 6.07) is 6.04. The number of benzene rings is 1. The van der Waals surface area contributed by atoms with E-state index < -0.39 is 0 Å². The number of carbonyl (C=O) groups is 1. The molecule has 2 rings (SSSR count). The summed E-state index contributed by atoms with van der Waals surface area (Å²) >= 11 is 0. The Morgan fingerprint density at radius 3 is 2.62 bits per heavy atom. The van der Waals surface area contributed by atoms with Crippen molar-refractivity contribution in [1.82, 2.24) is 4.90 Å². The van der Waals surface area contributed by atoms with Gasteiger partial charge in [-0.25, -0.2) is 4.39 Å². The summed E-state index contributed by atoms with van der Waals surface area (Å²) in [7, 11) is 0. The van der Waals surface area contributed by atoms with E-state index >= 15 is 0 Å². The molecule has 1 saturated heterocycles. The summed E-state index contributed by atoms with van der Waals surface area (Å²) in [6.45, 7) is 1.40. The van der Waals surface area contributed by atoms with E-state index in [2.05, 4.69) is 0 Å². The van der Waals surface area contributed by atoms with E-state index in [-0.39, 0.29) is 17.8 Å². The second-order valence-electron chi connectivity index (χ2n) is 4.10. The van der Waals surface area contributed by atoms with E-state index in [4.69, 9.17) is 5.73 Å². The van der Waals surface area contributed by atoms with Crippen molar-refractivity contribution in [3.8, 4) is 0 Å². The first-order valence-corrected chi connectivity index (χ1v) is 5.45. The van der Waals surface area contributed by atoms with Crippen molar-refractivity contribution in [2.75, 3.05) is 13.1 Å². The Labute approximate surface area is 94.0 Å². The SMILES string of the molecule is NC1CCN(CCc2ccc(F)cc2)C1=O. The Balaban J connectivity index is 1.88. The van der Waals surface area contributed by atoms with Crippen LogP contribution in [0.25, 0.3) is 0 Å². The second kappa shape index (κ2) is 4.61. The minimum Gasteiger partial charge on any atom is -0.341 e. The lowest BCUT2D eigenvalue weighted by Crippen LogP contribution is -2.35. The van der Waals surface area contributed by atoms with E-state index in [9.17, 15) is 9.18 Å². The topological polar surface area (TPSA) is 46.3 Å². The quantitative estimate of drug-likeness (QED) is 0.827. The molecule has 1 aliphatic rings. The molecule has 0 aliphatic carbocycles. The monoisotopic (exact) mass is 222 g/mol. The van der Waals surface area contributed by atoms with Crippen molar-refractivity contribution >= 4 is 5.91 Å². The van der Waals surface area contributed by atoms with Gasteiger partial charge in [0.2, 0.25) is 5.91 Å². The Hall–Kier alpha value is -1.42. The van der Waals surface area contributed by atoms with E-state index in [1.54, 1.807) is 17.0 Å². The summed E-state index contributed by atoms with van der Waals surface area (Å²) in [5, 5.41) is 0. The van der Waals surface area contributed by atoms with Crippen LogP contribution in [0, 0.1) is 5.82 Å². The molecule has 1 aliphatic heterocycles. The molecule has 4 heteroatoms. The van der Waals surface area contributed by atoms with Gasteiger partial charge in [-0.05, 0) is 30.5 Å². The zero-order valence-corrected chi connectivity index (χ0v) is 9.03. The lowest BCUT2D eigenvalue weighted by Gasteiger charge is -2.15. The van der Waals surface area contributed by atoms with Crippen LogP contribution in [0.2, 0.25) is 0 Å². The maximum atomic E-state index is 12.7. The first-order valence-electron chi connectivity index (χ1n) is 5.45. The van der Waals surface area contributed by atoms with Crippen LogP contribution in [-0.2, 0) is 11.2 Å². The molecule has 1 aromatic carbocycles. The van der Waals surface area contributed by atoms with Crippen LogP contribution in [0.3, 0.4) is 0 Å². The number of rotatable bonds is 3. The first kappa shape index (κ1) is 11.1. The van der Waals surface area contributed by atoms with E-state index in [1.807, 2.05) is 0 Å². The minimum atomic E-state index is -0.326. The number of nitrogens with zero attached hydrogens (tertiary/aromatic N) is 1. The van der Waals surface area contributed by atoms with Gasteiger partial charge in [0.15, 0.2) is 0 Å². The van der Waals surface area contributed by atoms with Gasteiger partial charge < -0.3 is 10.6 Å². The van der Waals surface area contributed by atoms with Crippen LogP contribution in [0.15, 0.2) is 24.3 Å². The fourth-order valence-corrected chi connectivity index (χ4v) is 1.90. The maximum Gasteiger partial charge on any atom is 0.239 e. The summed E-state index contributed by atoms with van der Waals surface area (Å²) in [5.41, 5.74) is 6.65. The van der Waals surface area contributed by atoms with Crippen molar-refractivity contribution in [3.05, 3.63) is 35.6 Å². The van der Waals surface area contributed by atoms with Crippen molar-refractivity contribution in [3.63, 3.8) is 0 Å². The molecule has 1 unspecified atom stereocenters. The fourth-order valence-electron chi connectivity index (χ4n) is 1.90. The van der Waals surface area contributed by atoms with Crippen LogP contribution >= 0.6 is 0 Å². The van der Waals surface area contributed by atoms with Crippen LogP contribution in [0.4, 0.5) is 4.39 Å². The van der Waals surface area contributed by atoms with E-state index in [0.29, 0.717) is 6.54 Å². The van der Waals surface area contributed by atoms with Gasteiger partial charge in [-0.3, -0.25) is 4.79 Å². The highest BCUT2D eigenvalue weighted by Gasteiger charge is 2.27. The number of nitrogens with two attached hydrogens (primary N) is 1. The summed E-state index contributed by atoms with van der Waals surface area (Å²) in [6.07, 6.45) is 1.49. The number of amides is 1. The van der Waals surface area contributed by atoms with Gasteiger partial charge >= 0.3 is 0 Å². The number of hydrogen-bond donors (Lipinski definition) is 1. The second-order valence-corrected chi connectivity index (χ2v) is 4.10. The Morgan fingerprint density at radius 2 is 2.06 bits per heavy atom. The Bertz CT molecular complexity index is 377. The highest BCUT2D eigenvalue weighted by Crippen LogP contribution is 2.11. The van der Waals surface area contributed by atoms with Gasteiger partial charge in [-0.15, -0.1) is 0 Å². The molecule has 2 N–H and O–H groups in total. The predicted octanol–water partition coefficient (Wildman–Crippen LogP) is 0.928. The van der Waals surface area contributed by atoms with E-state index in [1.165, 1.54) is 12.1 Å². The highest BCUT2D eigenvalue weighted by atomic mass is 19.1. The third-order valence-electron chi connectivity index (χ3n) is 2.92. The van der Waals surface area contributed by atoms with Gasteiger partial charge in [0, 0.05) is 13.1 Å². The largest absolute Gasteiger partial charge is 0.341 e. The number of hydrogen-bond acceptors (Lipinski definition) is 2. The molecule has 1 heterocycles. The number of carbonyl (C=O) groups excluding carboxylic acids is 1. The molecule has 0 spiro atoms. The normalized spacial score (nSPS) is 20.5. The minimum absolute atomic E-state index is 0.0297. The van der Waals surface area contributed by atoms with Crippen LogP contribution < -0.4 is 5.73 Å². The van der Waals surface area contributed by atoms with Crippen LogP contribution in [0.1, 0.15) is 12.0 Å². The Kier molecular flexibility index (Phi) is 3.19. The van der Waals surface area contributed by atoms with Gasteiger partial charge in [0.05, 0.1) is 6.04 Å². The predicted molar refractivity (Wildman–Crippen MR) is 59.3 cm³/mol. The maximum absolute atomic E-state index is 12.7. The summed E-state index contributed by atoms with van der Waals surface area (Å²) in [5.74, 6) is -0.204. The molecule has 16 heavy (non-hydrogen) atoms. The molecule has 1 amide bonds. The fraction of sp³-hybridized carbons (Fsp3) is 0.417.